The number of hydrogen-bond donors (Lipinski definition) is 1. The first-order chi connectivity index (χ1) is 5.18. The van der Waals surface area contributed by atoms with Gasteiger partial charge in [0.1, 0.15) is 6.54 Å². The standard InChI is InChI=1S/C7H9NO3/c9-6-2-1-3-8(4-6)5-7(10)11/h1,3H,2,4-5H2,(H,10,11). The first kappa shape index (κ1) is 7.78. The van der Waals surface area contributed by atoms with Crippen molar-refractivity contribution in [3.05, 3.63) is 12.3 Å². The van der Waals surface area contributed by atoms with Gasteiger partial charge in [0.15, 0.2) is 5.78 Å². The zero-order chi connectivity index (χ0) is 8.27. The van der Waals surface area contributed by atoms with Crippen molar-refractivity contribution < 1.29 is 14.7 Å². The third-order valence-corrected chi connectivity index (χ3v) is 1.38. The van der Waals surface area contributed by atoms with Gasteiger partial charge in [-0.05, 0) is 6.20 Å². The van der Waals surface area contributed by atoms with Crippen molar-refractivity contribution in [1.29, 1.82) is 0 Å². The molecule has 0 unspecified atom stereocenters. The lowest BCUT2D eigenvalue weighted by atomic mass is 10.2. The fourth-order valence-corrected chi connectivity index (χ4v) is 0.959. The van der Waals surface area contributed by atoms with Crippen LogP contribution >= 0.6 is 0 Å². The van der Waals surface area contributed by atoms with E-state index in [9.17, 15) is 9.59 Å². The van der Waals surface area contributed by atoms with Crippen molar-refractivity contribution in [2.45, 2.75) is 6.42 Å². The summed E-state index contributed by atoms with van der Waals surface area (Å²) in [5.41, 5.74) is 0. The minimum Gasteiger partial charge on any atom is -0.480 e. The van der Waals surface area contributed by atoms with E-state index in [0.717, 1.165) is 0 Å². The number of carbonyl (C=O) groups excluding carboxylic acids is 1. The highest BCUT2D eigenvalue weighted by Gasteiger charge is 2.12. The first-order valence-electron chi connectivity index (χ1n) is 3.32. The summed E-state index contributed by atoms with van der Waals surface area (Å²) in [5, 5.41) is 8.37. The highest BCUT2D eigenvalue weighted by atomic mass is 16.4. The number of allylic oxidation sites excluding steroid dienone is 1. The molecule has 0 aromatic rings. The lowest BCUT2D eigenvalue weighted by Crippen LogP contribution is -2.32. The molecule has 0 amide bonds. The Morgan fingerprint density at radius 2 is 2.45 bits per heavy atom. The van der Waals surface area contributed by atoms with Gasteiger partial charge in [0.05, 0.1) is 6.54 Å². The number of carboxylic acids is 1. The van der Waals surface area contributed by atoms with Crippen LogP contribution in [0, 0.1) is 0 Å². The SMILES string of the molecule is O=C(O)CN1C=CCC(=O)C1. The molecule has 0 aromatic heterocycles. The average Bonchev–Trinajstić information content (AvgIpc) is 1.85. The van der Waals surface area contributed by atoms with Crippen molar-refractivity contribution in [2.75, 3.05) is 13.1 Å². The van der Waals surface area contributed by atoms with Gasteiger partial charge in [-0.2, -0.15) is 0 Å². The van der Waals surface area contributed by atoms with Gasteiger partial charge in [0.2, 0.25) is 0 Å². The van der Waals surface area contributed by atoms with E-state index in [1.54, 1.807) is 12.3 Å². The molecule has 0 saturated heterocycles. The van der Waals surface area contributed by atoms with E-state index in [0.29, 0.717) is 6.42 Å². The number of Topliss-reactive ketones (excluding diaryl/α,β-unsaturated/α-hetero) is 1. The summed E-state index contributed by atoms with van der Waals surface area (Å²) in [4.78, 5) is 22.4. The Kier molecular flexibility index (Phi) is 2.25. The molecule has 11 heavy (non-hydrogen) atoms. The predicted octanol–water partition coefficient (Wildman–Crippen LogP) is -0.140. The van der Waals surface area contributed by atoms with Gasteiger partial charge in [-0.25, -0.2) is 0 Å². The monoisotopic (exact) mass is 155 g/mol. The molecule has 0 fully saturated rings. The van der Waals surface area contributed by atoms with Crippen LogP contribution in [0.4, 0.5) is 0 Å². The van der Waals surface area contributed by atoms with Crippen molar-refractivity contribution >= 4 is 11.8 Å². The summed E-state index contributed by atoms with van der Waals surface area (Å²) < 4.78 is 0. The topological polar surface area (TPSA) is 57.6 Å². The maximum atomic E-state index is 10.8. The minimum absolute atomic E-state index is 0.0637. The van der Waals surface area contributed by atoms with E-state index in [1.165, 1.54) is 4.90 Å². The second-order valence-electron chi connectivity index (χ2n) is 2.43. The van der Waals surface area contributed by atoms with Gasteiger partial charge in [-0.15, -0.1) is 0 Å². The second kappa shape index (κ2) is 3.18. The third-order valence-electron chi connectivity index (χ3n) is 1.38. The van der Waals surface area contributed by atoms with Crippen molar-refractivity contribution in [3.63, 3.8) is 0 Å². The van der Waals surface area contributed by atoms with Gasteiger partial charge in [-0.1, -0.05) is 6.08 Å². The molecule has 1 aliphatic rings. The number of carboxylic acid groups (broad SMARTS) is 1. The maximum absolute atomic E-state index is 10.8. The molecule has 1 N–H and O–H groups in total. The fraction of sp³-hybridized carbons (Fsp3) is 0.429. The molecule has 1 rings (SSSR count). The summed E-state index contributed by atoms with van der Waals surface area (Å²) >= 11 is 0. The Hall–Kier alpha value is -1.32. The van der Waals surface area contributed by atoms with E-state index in [4.69, 9.17) is 5.11 Å². The van der Waals surface area contributed by atoms with Crippen LogP contribution in [0.15, 0.2) is 12.3 Å². The smallest absolute Gasteiger partial charge is 0.323 e. The molecule has 0 aliphatic carbocycles. The van der Waals surface area contributed by atoms with Gasteiger partial charge in [0, 0.05) is 6.42 Å². The molecule has 4 nitrogen and oxygen atoms in total. The molecule has 0 spiro atoms. The summed E-state index contributed by atoms with van der Waals surface area (Å²) in [7, 11) is 0. The predicted molar refractivity (Wildman–Crippen MR) is 38.0 cm³/mol. The van der Waals surface area contributed by atoms with Crippen LogP contribution < -0.4 is 0 Å². The normalized spacial score (nSPS) is 17.1. The summed E-state index contributed by atoms with van der Waals surface area (Å²) in [6.45, 7) is 0.130. The number of nitrogens with zero attached hydrogens (tertiary/aromatic N) is 1. The molecule has 0 radical (unpaired) electrons. The first-order valence-corrected chi connectivity index (χ1v) is 3.32. The zero-order valence-corrected chi connectivity index (χ0v) is 5.99. The molecule has 0 saturated carbocycles. The Morgan fingerprint density at radius 3 is 3.00 bits per heavy atom. The van der Waals surface area contributed by atoms with E-state index in [-0.39, 0.29) is 18.9 Å². The molecule has 4 heteroatoms. The van der Waals surface area contributed by atoms with E-state index in [2.05, 4.69) is 0 Å². The largest absolute Gasteiger partial charge is 0.480 e. The van der Waals surface area contributed by atoms with Crippen LogP contribution in [0.3, 0.4) is 0 Å². The highest BCUT2D eigenvalue weighted by molar-refractivity contribution is 5.83. The fourth-order valence-electron chi connectivity index (χ4n) is 0.959. The van der Waals surface area contributed by atoms with Crippen LogP contribution in [0.1, 0.15) is 6.42 Å². The van der Waals surface area contributed by atoms with E-state index < -0.39 is 5.97 Å². The quantitative estimate of drug-likeness (QED) is 0.603. The van der Waals surface area contributed by atoms with Crippen LogP contribution in [-0.2, 0) is 9.59 Å². The lowest BCUT2D eigenvalue weighted by Gasteiger charge is -2.19. The van der Waals surface area contributed by atoms with Crippen LogP contribution in [0.5, 0.6) is 0 Å². The minimum atomic E-state index is -0.913. The molecular weight excluding hydrogens is 146 g/mol. The lowest BCUT2D eigenvalue weighted by molar-refractivity contribution is -0.137. The average molecular weight is 155 g/mol. The molecular formula is C7H9NO3. The molecule has 1 aliphatic heterocycles. The van der Waals surface area contributed by atoms with Crippen molar-refractivity contribution in [1.82, 2.24) is 4.90 Å². The van der Waals surface area contributed by atoms with Gasteiger partial charge in [-0.3, -0.25) is 9.59 Å². The Balaban J connectivity index is 2.46. The van der Waals surface area contributed by atoms with Gasteiger partial charge in [0.25, 0.3) is 0 Å². The molecule has 1 heterocycles. The third kappa shape index (κ3) is 2.41. The van der Waals surface area contributed by atoms with Gasteiger partial charge < -0.3 is 10.0 Å². The molecule has 0 bridgehead atoms. The molecule has 0 atom stereocenters. The van der Waals surface area contributed by atoms with Crippen LogP contribution in [0.25, 0.3) is 0 Å². The number of aliphatic carboxylic acids is 1. The Bertz CT molecular complexity index is 210. The zero-order valence-electron chi connectivity index (χ0n) is 5.99. The molecule has 0 aromatic carbocycles. The van der Waals surface area contributed by atoms with E-state index >= 15 is 0 Å². The van der Waals surface area contributed by atoms with Crippen LogP contribution in [0.2, 0.25) is 0 Å². The van der Waals surface area contributed by atoms with Crippen molar-refractivity contribution in [2.24, 2.45) is 0 Å². The Morgan fingerprint density at radius 1 is 1.73 bits per heavy atom. The Labute approximate surface area is 64.1 Å². The second-order valence-corrected chi connectivity index (χ2v) is 2.43. The van der Waals surface area contributed by atoms with Gasteiger partial charge >= 0.3 is 5.97 Å². The number of hydrogen-bond acceptors (Lipinski definition) is 3. The summed E-state index contributed by atoms with van der Waals surface area (Å²) in [5.74, 6) is -0.849. The number of ketones is 1. The summed E-state index contributed by atoms with van der Waals surface area (Å²) in [6, 6.07) is 0. The van der Waals surface area contributed by atoms with E-state index in [1.807, 2.05) is 0 Å². The highest BCUT2D eigenvalue weighted by Crippen LogP contribution is 2.01. The molecule has 60 valence electrons. The van der Waals surface area contributed by atoms with Crippen LogP contribution in [-0.4, -0.2) is 34.8 Å². The summed E-state index contributed by atoms with van der Waals surface area (Å²) in [6.07, 6.45) is 3.75. The number of carbonyl (C=O) groups is 2. The van der Waals surface area contributed by atoms with Crippen molar-refractivity contribution in [3.8, 4) is 0 Å². The maximum Gasteiger partial charge on any atom is 0.323 e. The number of rotatable bonds is 2.